The molecule has 0 radical (unpaired) electrons. The Balaban J connectivity index is 1.33. The second kappa shape index (κ2) is 11.8. The molecule has 0 fully saturated rings. The maximum Gasteiger partial charge on any atom is 0.109 e. The van der Waals surface area contributed by atoms with E-state index in [4.69, 9.17) is 5.11 Å². The largest absolute Gasteiger partial charge is 0.395 e. The van der Waals surface area contributed by atoms with Crippen molar-refractivity contribution in [1.29, 1.82) is 0 Å². The fourth-order valence-electron chi connectivity index (χ4n) is 3.06. The summed E-state index contributed by atoms with van der Waals surface area (Å²) in [7, 11) is 1.96. The smallest absolute Gasteiger partial charge is 0.109 e. The second-order valence-corrected chi connectivity index (χ2v) is 8.72. The van der Waals surface area contributed by atoms with E-state index in [2.05, 4.69) is 36.3 Å². The number of aliphatic hydroxyl groups is 1. The molecule has 35 heavy (non-hydrogen) atoms. The van der Waals surface area contributed by atoms with E-state index in [-0.39, 0.29) is 6.61 Å². The number of benzene rings is 2. The summed E-state index contributed by atoms with van der Waals surface area (Å²) in [6.45, 7) is 2.72. The predicted octanol–water partition coefficient (Wildman–Crippen LogP) is 7.15. The molecule has 3 N–H and O–H groups in total. The van der Waals surface area contributed by atoms with Gasteiger partial charge < -0.3 is 15.4 Å². The standard InChI is InChI=1S/C25H26N8OS/c1-18-17-22(30-32-24-9-10-25(35-24)33(2)15-16-34)7-8-23(18)31-29-20-5-3-19(4-6-20)27-28-21-11-13-26-14-12-21/h3-14,17,30,32,34H,15-16H2,1-2H3. The van der Waals surface area contributed by atoms with Gasteiger partial charge >= 0.3 is 0 Å². The molecule has 2 aromatic heterocycles. The van der Waals surface area contributed by atoms with Crippen LogP contribution in [-0.4, -0.2) is 30.3 Å². The first-order valence-corrected chi connectivity index (χ1v) is 11.8. The number of anilines is 3. The number of hydrogen-bond donors (Lipinski definition) is 3. The van der Waals surface area contributed by atoms with E-state index in [0.717, 1.165) is 44.0 Å². The zero-order valence-electron chi connectivity index (χ0n) is 19.5. The van der Waals surface area contributed by atoms with Crippen molar-refractivity contribution in [2.45, 2.75) is 6.92 Å². The molecule has 0 atom stereocenters. The molecule has 0 saturated carbocycles. The number of aliphatic hydroxyl groups excluding tert-OH is 1. The highest BCUT2D eigenvalue weighted by Crippen LogP contribution is 2.30. The topological polar surface area (TPSA) is 110 Å². The summed E-state index contributed by atoms with van der Waals surface area (Å²) in [6.07, 6.45) is 3.36. The summed E-state index contributed by atoms with van der Waals surface area (Å²) >= 11 is 1.61. The molecular formula is C25H26N8OS. The molecular weight excluding hydrogens is 460 g/mol. The van der Waals surface area contributed by atoms with Gasteiger partial charge in [0.2, 0.25) is 0 Å². The fraction of sp³-hybridized carbons (Fsp3) is 0.160. The van der Waals surface area contributed by atoms with E-state index in [1.54, 1.807) is 35.9 Å². The lowest BCUT2D eigenvalue weighted by Crippen LogP contribution is -2.19. The van der Waals surface area contributed by atoms with Gasteiger partial charge in [-0.15, -0.1) is 0 Å². The third-order valence-electron chi connectivity index (χ3n) is 5.00. The summed E-state index contributed by atoms with van der Waals surface area (Å²) in [4.78, 5) is 5.98. The molecule has 0 saturated heterocycles. The van der Waals surface area contributed by atoms with Crippen molar-refractivity contribution in [3.05, 3.63) is 84.7 Å². The van der Waals surface area contributed by atoms with Crippen molar-refractivity contribution in [2.75, 3.05) is 36.0 Å². The molecule has 0 spiro atoms. The van der Waals surface area contributed by atoms with Crippen LogP contribution in [0.1, 0.15) is 5.56 Å². The lowest BCUT2D eigenvalue weighted by Gasteiger charge is -2.14. The number of aryl methyl sites for hydroxylation is 1. The maximum atomic E-state index is 9.09. The minimum absolute atomic E-state index is 0.128. The molecule has 0 amide bonds. The highest BCUT2D eigenvalue weighted by molar-refractivity contribution is 7.20. The quantitative estimate of drug-likeness (QED) is 0.163. The number of nitrogens with zero attached hydrogens (tertiary/aromatic N) is 6. The van der Waals surface area contributed by atoms with Crippen molar-refractivity contribution in [1.82, 2.24) is 4.98 Å². The fourth-order valence-corrected chi connectivity index (χ4v) is 3.91. The van der Waals surface area contributed by atoms with Gasteiger partial charge in [-0.05, 0) is 79.2 Å². The molecule has 9 nitrogen and oxygen atoms in total. The average Bonchev–Trinajstić information content (AvgIpc) is 3.36. The normalized spacial score (nSPS) is 11.3. The van der Waals surface area contributed by atoms with Crippen molar-refractivity contribution >= 4 is 49.8 Å². The number of rotatable bonds is 10. The zero-order chi connectivity index (χ0) is 24.5. The summed E-state index contributed by atoms with van der Waals surface area (Å²) in [5.74, 6) is 0. The molecule has 4 rings (SSSR count). The highest BCUT2D eigenvalue weighted by atomic mass is 32.1. The van der Waals surface area contributed by atoms with Crippen LogP contribution in [-0.2, 0) is 0 Å². The molecule has 2 aromatic carbocycles. The van der Waals surface area contributed by atoms with Crippen LogP contribution in [0.25, 0.3) is 0 Å². The molecule has 178 valence electrons. The Kier molecular flexibility index (Phi) is 8.10. The van der Waals surface area contributed by atoms with Crippen LogP contribution in [0.15, 0.2) is 99.6 Å². The van der Waals surface area contributed by atoms with Gasteiger partial charge in [0.1, 0.15) is 5.00 Å². The van der Waals surface area contributed by atoms with Gasteiger partial charge in [-0.3, -0.25) is 10.4 Å². The number of hydrogen-bond acceptors (Lipinski definition) is 10. The van der Waals surface area contributed by atoms with Crippen molar-refractivity contribution < 1.29 is 5.11 Å². The predicted molar refractivity (Wildman–Crippen MR) is 142 cm³/mol. The third kappa shape index (κ3) is 6.92. The Hall–Kier alpha value is -4.15. The molecule has 0 aliphatic carbocycles. The van der Waals surface area contributed by atoms with Crippen molar-refractivity contribution in [3.8, 4) is 0 Å². The van der Waals surface area contributed by atoms with Crippen molar-refractivity contribution in [3.63, 3.8) is 0 Å². The maximum absolute atomic E-state index is 9.09. The summed E-state index contributed by atoms with van der Waals surface area (Å²) in [6, 6.07) is 20.9. The molecule has 0 bridgehead atoms. The first-order chi connectivity index (χ1) is 17.1. The average molecular weight is 487 g/mol. The number of nitrogens with one attached hydrogen (secondary N) is 2. The van der Waals surface area contributed by atoms with E-state index in [1.807, 2.05) is 73.5 Å². The van der Waals surface area contributed by atoms with Crippen LogP contribution >= 0.6 is 11.3 Å². The molecule has 0 aliphatic rings. The second-order valence-electron chi connectivity index (χ2n) is 7.66. The number of aromatic nitrogens is 1. The Bertz CT molecular complexity index is 1290. The van der Waals surface area contributed by atoms with Gasteiger partial charge in [-0.25, -0.2) is 0 Å². The molecule has 2 heterocycles. The number of thiophene rings is 1. The highest BCUT2D eigenvalue weighted by Gasteiger charge is 2.05. The number of likely N-dealkylation sites (N-methyl/N-ethyl adjacent to an activating group) is 1. The van der Waals surface area contributed by atoms with Gasteiger partial charge in [0.25, 0.3) is 0 Å². The van der Waals surface area contributed by atoms with E-state index in [1.165, 1.54) is 0 Å². The number of hydrazine groups is 1. The van der Waals surface area contributed by atoms with E-state index in [9.17, 15) is 0 Å². The van der Waals surface area contributed by atoms with E-state index in [0.29, 0.717) is 6.54 Å². The van der Waals surface area contributed by atoms with E-state index >= 15 is 0 Å². The third-order valence-corrected chi connectivity index (χ3v) is 6.11. The lowest BCUT2D eigenvalue weighted by molar-refractivity contribution is 0.304. The zero-order valence-corrected chi connectivity index (χ0v) is 20.3. The molecule has 10 heteroatoms. The van der Waals surface area contributed by atoms with Gasteiger partial charge in [-0.1, -0.05) is 11.3 Å². The first-order valence-electron chi connectivity index (χ1n) is 11.0. The lowest BCUT2D eigenvalue weighted by atomic mass is 10.2. The van der Waals surface area contributed by atoms with Crippen LogP contribution < -0.4 is 15.8 Å². The van der Waals surface area contributed by atoms with Gasteiger partial charge in [-0.2, -0.15) is 20.5 Å². The Morgan fingerprint density at radius 1 is 0.829 bits per heavy atom. The van der Waals surface area contributed by atoms with Crippen LogP contribution in [0.3, 0.4) is 0 Å². The van der Waals surface area contributed by atoms with Gasteiger partial charge in [0.15, 0.2) is 0 Å². The summed E-state index contributed by atoms with van der Waals surface area (Å²) in [5, 5.41) is 28.3. The monoisotopic (exact) mass is 486 g/mol. The Morgan fingerprint density at radius 2 is 1.49 bits per heavy atom. The van der Waals surface area contributed by atoms with Crippen LogP contribution in [0.4, 0.5) is 38.4 Å². The van der Waals surface area contributed by atoms with Gasteiger partial charge in [0, 0.05) is 26.0 Å². The number of pyridine rings is 1. The SMILES string of the molecule is Cc1cc(NNc2ccc(N(C)CCO)s2)ccc1N=Nc1ccc(N=Nc2ccncc2)cc1. The minimum atomic E-state index is 0.128. The van der Waals surface area contributed by atoms with Crippen LogP contribution in [0.2, 0.25) is 0 Å². The van der Waals surface area contributed by atoms with Crippen LogP contribution in [0, 0.1) is 6.92 Å². The molecule has 4 aromatic rings. The summed E-state index contributed by atoms with van der Waals surface area (Å²) in [5.41, 5.74) is 11.4. The van der Waals surface area contributed by atoms with Crippen molar-refractivity contribution in [2.24, 2.45) is 20.5 Å². The summed E-state index contributed by atoms with van der Waals surface area (Å²) < 4.78 is 0. The Morgan fingerprint density at radius 3 is 2.14 bits per heavy atom. The molecule has 0 unspecified atom stereocenters. The minimum Gasteiger partial charge on any atom is -0.395 e. The van der Waals surface area contributed by atoms with E-state index < -0.39 is 0 Å². The first kappa shape index (κ1) is 24.0. The molecule has 0 aliphatic heterocycles. The van der Waals surface area contributed by atoms with Crippen LogP contribution in [0.5, 0.6) is 0 Å². The van der Waals surface area contributed by atoms with Gasteiger partial charge in [0.05, 0.1) is 40.0 Å². The number of azo groups is 2. The Labute approximate surface area is 207 Å².